The molecule has 0 radical (unpaired) electrons. The summed E-state index contributed by atoms with van der Waals surface area (Å²) in [5.74, 6) is -0.397. The van der Waals surface area contributed by atoms with Crippen LogP contribution in [-0.4, -0.2) is 26.7 Å². The van der Waals surface area contributed by atoms with Crippen LogP contribution in [0.15, 0.2) is 73.1 Å². The first-order valence-electron chi connectivity index (χ1n) is 10.5. The normalized spacial score (nSPS) is 11.4. The minimum absolute atomic E-state index is 0.165. The Morgan fingerprint density at radius 2 is 1.50 bits per heavy atom. The van der Waals surface area contributed by atoms with Gasteiger partial charge in [0.25, 0.3) is 11.8 Å². The lowest BCUT2D eigenvalue weighted by molar-refractivity contribution is 0.0918. The van der Waals surface area contributed by atoms with E-state index in [1.807, 2.05) is 80.9 Å². The molecule has 0 fully saturated rings. The van der Waals surface area contributed by atoms with Crippen molar-refractivity contribution < 1.29 is 9.59 Å². The van der Waals surface area contributed by atoms with Gasteiger partial charge in [0.15, 0.2) is 0 Å². The van der Waals surface area contributed by atoms with Crippen molar-refractivity contribution in [1.82, 2.24) is 14.7 Å². The summed E-state index contributed by atoms with van der Waals surface area (Å²) < 4.78 is 2.01. The van der Waals surface area contributed by atoms with Crippen molar-refractivity contribution >= 4 is 23.1 Å². The molecule has 0 aliphatic heterocycles. The van der Waals surface area contributed by atoms with Gasteiger partial charge in [0.2, 0.25) is 0 Å². The molecule has 2 amide bonds. The van der Waals surface area contributed by atoms with Crippen LogP contribution in [-0.2, 0) is 0 Å². The fourth-order valence-corrected chi connectivity index (χ4v) is 3.41. The first-order valence-corrected chi connectivity index (χ1v) is 10.5. The summed E-state index contributed by atoms with van der Waals surface area (Å²) in [5, 5.41) is 5.80. The summed E-state index contributed by atoms with van der Waals surface area (Å²) >= 11 is 0. The monoisotopic (exact) mass is 426 g/mol. The largest absolute Gasteiger partial charge is 0.347 e. The molecule has 0 aliphatic carbocycles. The molecule has 162 valence electrons. The minimum Gasteiger partial charge on any atom is -0.347 e. The maximum absolute atomic E-state index is 12.6. The van der Waals surface area contributed by atoms with Crippen molar-refractivity contribution in [1.29, 1.82) is 0 Å². The van der Waals surface area contributed by atoms with Gasteiger partial charge in [-0.2, -0.15) is 0 Å². The number of fused-ring (bicyclic) bond motifs is 1. The summed E-state index contributed by atoms with van der Waals surface area (Å²) in [6.45, 7) is 7.81. The van der Waals surface area contributed by atoms with Crippen molar-refractivity contribution in [3.05, 3.63) is 89.7 Å². The molecule has 0 unspecified atom stereocenters. The second-order valence-corrected chi connectivity index (χ2v) is 8.86. The Kier molecular flexibility index (Phi) is 5.53. The highest BCUT2D eigenvalue weighted by atomic mass is 16.2. The van der Waals surface area contributed by atoms with Gasteiger partial charge in [-0.25, -0.2) is 4.98 Å². The maximum Gasteiger partial charge on any atom is 0.255 e. The molecule has 0 bridgehead atoms. The summed E-state index contributed by atoms with van der Waals surface area (Å²) in [4.78, 5) is 29.6. The second-order valence-electron chi connectivity index (χ2n) is 8.86. The Bertz CT molecular complexity index is 1280. The molecule has 2 aromatic heterocycles. The lowest BCUT2D eigenvalue weighted by Crippen LogP contribution is -2.40. The highest BCUT2D eigenvalue weighted by Crippen LogP contribution is 2.23. The Morgan fingerprint density at radius 1 is 0.875 bits per heavy atom. The van der Waals surface area contributed by atoms with Gasteiger partial charge in [0, 0.05) is 40.3 Å². The van der Waals surface area contributed by atoms with Gasteiger partial charge in [0.1, 0.15) is 5.65 Å². The first kappa shape index (κ1) is 21.3. The lowest BCUT2D eigenvalue weighted by Gasteiger charge is -2.20. The fourth-order valence-electron chi connectivity index (χ4n) is 3.41. The standard InChI is InChI=1S/C26H26N4O2/c1-17-6-5-15-30-16-22(28-23(17)30)18-11-13-21(14-12-18)27-24(31)19-7-9-20(10-8-19)25(32)29-26(2,3)4/h5-16H,1-4H3,(H,27,31)(H,29,32). The molecule has 2 aromatic carbocycles. The van der Waals surface area contributed by atoms with Crippen LogP contribution in [0.25, 0.3) is 16.9 Å². The van der Waals surface area contributed by atoms with Crippen molar-refractivity contribution in [2.24, 2.45) is 0 Å². The SMILES string of the molecule is Cc1cccn2cc(-c3ccc(NC(=O)c4ccc(C(=O)NC(C)(C)C)cc4)cc3)nc12. The molecule has 4 rings (SSSR count). The number of carbonyl (C=O) groups is 2. The average Bonchev–Trinajstić information content (AvgIpc) is 3.19. The Hall–Kier alpha value is -3.93. The van der Waals surface area contributed by atoms with E-state index >= 15 is 0 Å². The van der Waals surface area contributed by atoms with Crippen LogP contribution in [0.1, 0.15) is 47.1 Å². The topological polar surface area (TPSA) is 75.5 Å². The van der Waals surface area contributed by atoms with Crippen LogP contribution in [0.5, 0.6) is 0 Å². The van der Waals surface area contributed by atoms with E-state index in [1.54, 1.807) is 24.3 Å². The van der Waals surface area contributed by atoms with E-state index in [0.717, 1.165) is 22.5 Å². The summed E-state index contributed by atoms with van der Waals surface area (Å²) in [7, 11) is 0. The summed E-state index contributed by atoms with van der Waals surface area (Å²) in [6.07, 6.45) is 3.97. The number of aromatic nitrogens is 2. The van der Waals surface area contributed by atoms with E-state index in [1.165, 1.54) is 0 Å². The molecule has 6 nitrogen and oxygen atoms in total. The van der Waals surface area contributed by atoms with Crippen molar-refractivity contribution in [2.75, 3.05) is 5.32 Å². The van der Waals surface area contributed by atoms with Crippen LogP contribution in [0.4, 0.5) is 5.69 Å². The van der Waals surface area contributed by atoms with Gasteiger partial charge < -0.3 is 15.0 Å². The van der Waals surface area contributed by atoms with Crippen LogP contribution in [0.3, 0.4) is 0 Å². The van der Waals surface area contributed by atoms with E-state index in [4.69, 9.17) is 4.98 Å². The summed E-state index contributed by atoms with van der Waals surface area (Å²) in [6, 6.07) is 18.2. The number of hydrogen-bond acceptors (Lipinski definition) is 3. The number of anilines is 1. The quantitative estimate of drug-likeness (QED) is 0.477. The number of aryl methyl sites for hydroxylation is 1. The minimum atomic E-state index is -0.318. The number of amides is 2. The number of rotatable bonds is 4. The Morgan fingerprint density at radius 3 is 2.09 bits per heavy atom. The molecular formula is C26H26N4O2. The lowest BCUT2D eigenvalue weighted by atomic mass is 10.1. The number of benzene rings is 2. The van der Waals surface area contributed by atoms with Crippen LogP contribution in [0.2, 0.25) is 0 Å². The number of pyridine rings is 1. The zero-order valence-corrected chi connectivity index (χ0v) is 18.6. The van der Waals surface area contributed by atoms with Crippen LogP contribution in [0, 0.1) is 6.92 Å². The predicted molar refractivity (Wildman–Crippen MR) is 127 cm³/mol. The van der Waals surface area contributed by atoms with E-state index in [-0.39, 0.29) is 17.4 Å². The number of nitrogens with zero attached hydrogens (tertiary/aromatic N) is 2. The molecule has 2 heterocycles. The smallest absolute Gasteiger partial charge is 0.255 e. The Balaban J connectivity index is 1.44. The van der Waals surface area contributed by atoms with Gasteiger partial charge in [0.05, 0.1) is 5.69 Å². The van der Waals surface area contributed by atoms with E-state index in [9.17, 15) is 9.59 Å². The fraction of sp³-hybridized carbons (Fsp3) is 0.192. The zero-order valence-electron chi connectivity index (χ0n) is 18.6. The maximum atomic E-state index is 12.6. The third-order valence-electron chi connectivity index (χ3n) is 5.01. The second kappa shape index (κ2) is 8.30. The third-order valence-corrected chi connectivity index (χ3v) is 5.01. The summed E-state index contributed by atoms with van der Waals surface area (Å²) in [5.41, 5.74) is 5.26. The Labute approximate surface area is 187 Å². The highest BCUT2D eigenvalue weighted by Gasteiger charge is 2.16. The highest BCUT2D eigenvalue weighted by molar-refractivity contribution is 6.05. The van der Waals surface area contributed by atoms with Crippen LogP contribution < -0.4 is 10.6 Å². The molecular weight excluding hydrogens is 400 g/mol. The number of carbonyl (C=O) groups excluding carboxylic acids is 2. The number of hydrogen-bond donors (Lipinski definition) is 2. The van der Waals surface area contributed by atoms with Gasteiger partial charge >= 0.3 is 0 Å². The first-order chi connectivity index (χ1) is 15.2. The molecule has 4 aromatic rings. The molecule has 32 heavy (non-hydrogen) atoms. The third kappa shape index (κ3) is 4.70. The van der Waals surface area contributed by atoms with Crippen LogP contribution >= 0.6 is 0 Å². The van der Waals surface area contributed by atoms with E-state index < -0.39 is 0 Å². The predicted octanol–water partition coefficient (Wildman–Crippen LogP) is 5.09. The van der Waals surface area contributed by atoms with Crippen molar-refractivity contribution in [2.45, 2.75) is 33.2 Å². The molecule has 0 saturated heterocycles. The molecule has 0 atom stereocenters. The molecule has 0 aliphatic rings. The molecule has 0 saturated carbocycles. The van der Waals surface area contributed by atoms with E-state index in [2.05, 4.69) is 10.6 Å². The number of nitrogens with one attached hydrogen (secondary N) is 2. The molecule has 6 heteroatoms. The average molecular weight is 427 g/mol. The van der Waals surface area contributed by atoms with Crippen molar-refractivity contribution in [3.63, 3.8) is 0 Å². The molecule has 2 N–H and O–H groups in total. The zero-order chi connectivity index (χ0) is 22.9. The van der Waals surface area contributed by atoms with Gasteiger partial charge in [-0.05, 0) is 75.7 Å². The van der Waals surface area contributed by atoms with Gasteiger partial charge in [-0.15, -0.1) is 0 Å². The van der Waals surface area contributed by atoms with Gasteiger partial charge in [-0.1, -0.05) is 18.2 Å². The number of imidazole rings is 1. The molecule has 0 spiro atoms. The van der Waals surface area contributed by atoms with E-state index in [0.29, 0.717) is 16.8 Å². The van der Waals surface area contributed by atoms with Gasteiger partial charge in [-0.3, -0.25) is 9.59 Å². The van der Waals surface area contributed by atoms with Crippen molar-refractivity contribution in [3.8, 4) is 11.3 Å².